The molecule has 1 saturated heterocycles. The molecule has 1 aliphatic heterocycles. The lowest BCUT2D eigenvalue weighted by molar-refractivity contribution is 0.363. The summed E-state index contributed by atoms with van der Waals surface area (Å²) in [6, 6.07) is 5.84. The number of nitrogens with zero attached hydrogens (tertiary/aromatic N) is 1. The molecule has 1 N–H and O–H groups in total. The van der Waals surface area contributed by atoms with Crippen LogP contribution in [0.4, 0.5) is 4.39 Å². The molecule has 6 heteroatoms. The van der Waals surface area contributed by atoms with Crippen molar-refractivity contribution in [3.63, 3.8) is 0 Å². The van der Waals surface area contributed by atoms with Gasteiger partial charge in [-0.3, -0.25) is 0 Å². The van der Waals surface area contributed by atoms with E-state index in [1.54, 1.807) is 19.1 Å². The summed E-state index contributed by atoms with van der Waals surface area (Å²) in [5.74, 6) is 5.78. The fourth-order valence-corrected chi connectivity index (χ4v) is 4.28. The highest BCUT2D eigenvalue weighted by Gasteiger charge is 2.27. The van der Waals surface area contributed by atoms with E-state index in [1.807, 2.05) is 0 Å². The Morgan fingerprint density at radius 1 is 1.19 bits per heavy atom. The first kappa shape index (κ1) is 20.6. The molecule has 0 aromatic heterocycles. The van der Waals surface area contributed by atoms with Gasteiger partial charge in [-0.25, -0.2) is 12.8 Å². The summed E-state index contributed by atoms with van der Waals surface area (Å²) in [4.78, 5) is 0.231. The fraction of sp³-hybridized carbons (Fsp3) is 0.500. The van der Waals surface area contributed by atoms with Crippen molar-refractivity contribution in [3.8, 4) is 11.8 Å². The molecule has 0 bridgehead atoms. The Balaban J connectivity index is 2.39. The van der Waals surface area contributed by atoms with Crippen molar-refractivity contribution < 1.29 is 12.8 Å². The molecule has 0 atom stereocenters. The van der Waals surface area contributed by atoms with Gasteiger partial charge >= 0.3 is 0 Å². The van der Waals surface area contributed by atoms with E-state index in [0.717, 1.165) is 25.7 Å². The van der Waals surface area contributed by atoms with Crippen molar-refractivity contribution in [1.29, 1.82) is 0 Å². The van der Waals surface area contributed by atoms with Gasteiger partial charge in [-0.1, -0.05) is 43.7 Å². The summed E-state index contributed by atoms with van der Waals surface area (Å²) in [5, 5.41) is 3.15. The first-order chi connectivity index (χ1) is 12.5. The van der Waals surface area contributed by atoms with E-state index in [9.17, 15) is 12.8 Å². The number of benzene rings is 1. The first-order valence-electron chi connectivity index (χ1n) is 9.13. The van der Waals surface area contributed by atoms with Crippen molar-refractivity contribution in [2.45, 2.75) is 39.5 Å². The van der Waals surface area contributed by atoms with Crippen molar-refractivity contribution in [3.05, 3.63) is 40.6 Å². The lowest BCUT2D eigenvalue weighted by Gasteiger charge is -2.27. The Morgan fingerprint density at radius 2 is 1.85 bits per heavy atom. The topological polar surface area (TPSA) is 49.4 Å². The normalized spacial score (nSPS) is 16.6. The molecule has 0 saturated carbocycles. The van der Waals surface area contributed by atoms with Crippen LogP contribution in [-0.4, -0.2) is 38.9 Å². The summed E-state index contributed by atoms with van der Waals surface area (Å²) in [6.45, 7) is 5.89. The Bertz CT molecular complexity index is 783. The molecule has 1 aromatic carbocycles. The van der Waals surface area contributed by atoms with Gasteiger partial charge in [0.25, 0.3) is 0 Å². The minimum atomic E-state index is -3.59. The molecule has 2 rings (SSSR count). The van der Waals surface area contributed by atoms with E-state index in [-0.39, 0.29) is 10.7 Å². The quantitative estimate of drug-likeness (QED) is 0.610. The van der Waals surface area contributed by atoms with Gasteiger partial charge in [0, 0.05) is 38.2 Å². The van der Waals surface area contributed by atoms with Gasteiger partial charge in [0.05, 0.1) is 4.91 Å². The largest absolute Gasteiger partial charge is 0.314 e. The van der Waals surface area contributed by atoms with Gasteiger partial charge < -0.3 is 5.32 Å². The number of hydrogen-bond acceptors (Lipinski definition) is 3. The Hall–Kier alpha value is -1.68. The monoisotopic (exact) mass is 378 g/mol. The van der Waals surface area contributed by atoms with E-state index in [0.29, 0.717) is 37.3 Å². The third-order valence-electron chi connectivity index (χ3n) is 4.41. The van der Waals surface area contributed by atoms with Crippen LogP contribution in [0.15, 0.2) is 29.2 Å². The second-order valence-corrected chi connectivity index (χ2v) is 8.43. The van der Waals surface area contributed by atoms with E-state index in [2.05, 4.69) is 24.1 Å². The zero-order chi connectivity index (χ0) is 19.0. The molecule has 0 unspecified atom stereocenters. The highest BCUT2D eigenvalue weighted by atomic mass is 32.2. The van der Waals surface area contributed by atoms with Crippen LogP contribution in [0.2, 0.25) is 0 Å². The maximum atomic E-state index is 13.3. The van der Waals surface area contributed by atoms with Crippen LogP contribution in [-0.2, 0) is 10.0 Å². The van der Waals surface area contributed by atoms with Crippen LogP contribution in [0, 0.1) is 17.7 Å². The molecule has 1 aliphatic rings. The zero-order valence-electron chi connectivity index (χ0n) is 15.5. The number of nitrogens with one attached hydrogen (secondary N) is 1. The standard InChI is InChI=1S/C20H27FN2O2S/c1-3-4-5-6-7-8-20(18-9-11-19(21)12-10-18)17(2)26(24,25)23-15-13-22-14-16-23/h9-12,22H,3-6,13-16H2,1-2H3/b20-17+. The zero-order valence-corrected chi connectivity index (χ0v) is 16.3. The lowest BCUT2D eigenvalue weighted by Crippen LogP contribution is -2.46. The van der Waals surface area contributed by atoms with Gasteiger partial charge in [0.15, 0.2) is 0 Å². The van der Waals surface area contributed by atoms with E-state index in [4.69, 9.17) is 0 Å². The molecule has 0 amide bonds. The van der Waals surface area contributed by atoms with Gasteiger partial charge in [-0.2, -0.15) is 4.31 Å². The number of sulfonamides is 1. The molecular formula is C20H27FN2O2S. The average molecular weight is 379 g/mol. The average Bonchev–Trinajstić information content (AvgIpc) is 2.66. The van der Waals surface area contributed by atoms with Gasteiger partial charge in [0.2, 0.25) is 10.0 Å². The number of unbranched alkanes of at least 4 members (excludes halogenated alkanes) is 3. The van der Waals surface area contributed by atoms with Crippen molar-refractivity contribution in [2.24, 2.45) is 0 Å². The van der Waals surface area contributed by atoms with Crippen LogP contribution in [0.25, 0.3) is 5.57 Å². The number of hydrogen-bond donors (Lipinski definition) is 1. The summed E-state index contributed by atoms with van der Waals surface area (Å²) >= 11 is 0. The van der Waals surface area contributed by atoms with E-state index < -0.39 is 10.0 Å². The number of halogens is 1. The fourth-order valence-electron chi connectivity index (χ4n) is 2.80. The SMILES string of the molecule is CCCCCC#C/C(=C(/C)S(=O)(=O)N1CCNCC1)c1ccc(F)cc1. The van der Waals surface area contributed by atoms with Crippen LogP contribution in [0.1, 0.15) is 45.1 Å². The first-order valence-corrected chi connectivity index (χ1v) is 10.6. The molecule has 0 aliphatic carbocycles. The second kappa shape index (κ2) is 9.86. The number of rotatable bonds is 6. The smallest absolute Gasteiger partial charge is 0.240 e. The highest BCUT2D eigenvalue weighted by molar-refractivity contribution is 7.93. The minimum absolute atomic E-state index is 0.231. The molecule has 26 heavy (non-hydrogen) atoms. The molecule has 1 aromatic rings. The third kappa shape index (κ3) is 5.41. The molecule has 1 fully saturated rings. The Morgan fingerprint density at radius 3 is 2.46 bits per heavy atom. The minimum Gasteiger partial charge on any atom is -0.314 e. The highest BCUT2D eigenvalue weighted by Crippen LogP contribution is 2.25. The number of allylic oxidation sites excluding steroid dienone is 2. The van der Waals surface area contributed by atoms with E-state index in [1.165, 1.54) is 16.4 Å². The maximum absolute atomic E-state index is 13.3. The summed E-state index contributed by atoms with van der Waals surface area (Å²) in [5.41, 5.74) is 1.09. The summed E-state index contributed by atoms with van der Waals surface area (Å²) < 4.78 is 40.8. The molecule has 0 radical (unpaired) electrons. The lowest BCUT2D eigenvalue weighted by atomic mass is 10.1. The predicted octanol–water partition coefficient (Wildman–Crippen LogP) is 3.38. The predicted molar refractivity (Wildman–Crippen MR) is 104 cm³/mol. The van der Waals surface area contributed by atoms with Gasteiger partial charge in [0.1, 0.15) is 5.82 Å². The van der Waals surface area contributed by atoms with Crippen molar-refractivity contribution in [1.82, 2.24) is 9.62 Å². The Labute approximate surface area is 156 Å². The summed E-state index contributed by atoms with van der Waals surface area (Å²) in [6.07, 6.45) is 3.92. The summed E-state index contributed by atoms with van der Waals surface area (Å²) in [7, 11) is -3.59. The van der Waals surface area contributed by atoms with Gasteiger partial charge in [-0.15, -0.1) is 0 Å². The maximum Gasteiger partial charge on any atom is 0.240 e. The number of piperazine rings is 1. The molecule has 0 spiro atoms. The Kier molecular flexibility index (Phi) is 7.83. The van der Waals surface area contributed by atoms with Gasteiger partial charge in [-0.05, 0) is 31.0 Å². The van der Waals surface area contributed by atoms with Crippen LogP contribution in [0.3, 0.4) is 0 Å². The molecular weight excluding hydrogens is 351 g/mol. The molecule has 142 valence electrons. The second-order valence-electron chi connectivity index (χ2n) is 6.35. The van der Waals surface area contributed by atoms with Crippen molar-refractivity contribution >= 4 is 15.6 Å². The van der Waals surface area contributed by atoms with Crippen LogP contribution in [0.5, 0.6) is 0 Å². The molecule has 4 nitrogen and oxygen atoms in total. The van der Waals surface area contributed by atoms with E-state index >= 15 is 0 Å². The van der Waals surface area contributed by atoms with Crippen LogP contribution >= 0.6 is 0 Å². The van der Waals surface area contributed by atoms with Crippen LogP contribution < -0.4 is 5.32 Å². The molecule has 1 heterocycles. The third-order valence-corrected chi connectivity index (χ3v) is 6.43. The van der Waals surface area contributed by atoms with Crippen molar-refractivity contribution in [2.75, 3.05) is 26.2 Å².